The lowest BCUT2D eigenvalue weighted by atomic mass is 9.80. The van der Waals surface area contributed by atoms with Gasteiger partial charge in [-0.15, -0.1) is 12.4 Å². The summed E-state index contributed by atoms with van der Waals surface area (Å²) in [7, 11) is 1.92. The van der Waals surface area contributed by atoms with Crippen LogP contribution in [-0.2, 0) is 28.1 Å². The van der Waals surface area contributed by atoms with Crippen molar-refractivity contribution in [2.24, 2.45) is 5.92 Å². The Balaban J connectivity index is 0.00000405. The number of halogens is 1. The lowest BCUT2D eigenvalue weighted by Crippen LogP contribution is -2.52. The number of piperidine rings is 1. The fraction of sp³-hybridized carbons (Fsp3) is 0.333. The predicted molar refractivity (Wildman–Crippen MR) is 174 cm³/mol. The molecule has 1 heterocycles. The summed E-state index contributed by atoms with van der Waals surface area (Å²) in [5, 5.41) is 5.70. The molecular weight excluding hydrogens is 542 g/mol. The molecule has 1 fully saturated rings. The smallest absolute Gasteiger partial charge is 0.226 e. The number of rotatable bonds is 10. The van der Waals surface area contributed by atoms with E-state index in [4.69, 9.17) is 0 Å². The van der Waals surface area contributed by atoms with Crippen LogP contribution >= 0.6 is 12.4 Å². The molecule has 0 bridgehead atoms. The molecule has 0 spiro atoms. The van der Waals surface area contributed by atoms with Gasteiger partial charge in [0, 0.05) is 39.5 Å². The molecule has 42 heavy (non-hydrogen) atoms. The minimum Gasteiger partial charge on any atom is -0.347 e. The molecule has 0 saturated carbocycles. The molecule has 1 N–H and O–H groups in total. The largest absolute Gasteiger partial charge is 0.347 e. The van der Waals surface area contributed by atoms with Crippen LogP contribution in [0.25, 0.3) is 10.8 Å². The lowest BCUT2D eigenvalue weighted by molar-refractivity contribution is -0.135. The zero-order valence-corrected chi connectivity index (χ0v) is 25.5. The van der Waals surface area contributed by atoms with E-state index < -0.39 is 0 Å². The standard InChI is InChI=1S/C36H41N3O2.ClH/c1-28(40)37-36(34-15-7-4-8-16-34)20-23-39(24-21-36)22-19-33(35(41)38(2)27-29-11-5-3-6-12-29)26-30-17-18-31-13-9-10-14-32(31)25-30;/h3-18,25,33H,19-24,26-27H2,1-2H3,(H,37,40);1H. The first-order chi connectivity index (χ1) is 19.9. The number of nitrogens with zero attached hydrogens (tertiary/aromatic N) is 2. The van der Waals surface area contributed by atoms with Gasteiger partial charge >= 0.3 is 0 Å². The van der Waals surface area contributed by atoms with E-state index in [0.29, 0.717) is 6.54 Å². The minimum atomic E-state index is -0.334. The SMILES string of the molecule is CC(=O)NC1(c2ccccc2)CCN(CCC(Cc2ccc3ccccc3c2)C(=O)N(C)Cc2ccccc2)CC1.Cl. The average molecular weight is 584 g/mol. The van der Waals surface area contributed by atoms with Gasteiger partial charge in [-0.25, -0.2) is 0 Å². The van der Waals surface area contributed by atoms with E-state index in [1.807, 2.05) is 48.3 Å². The van der Waals surface area contributed by atoms with Crippen LogP contribution in [0.1, 0.15) is 42.9 Å². The Kier molecular flexibility index (Phi) is 10.8. The monoisotopic (exact) mass is 583 g/mol. The van der Waals surface area contributed by atoms with Crippen molar-refractivity contribution in [1.29, 1.82) is 0 Å². The van der Waals surface area contributed by atoms with Crippen molar-refractivity contribution in [3.05, 3.63) is 120 Å². The first kappa shape index (κ1) is 31.3. The van der Waals surface area contributed by atoms with Crippen molar-refractivity contribution in [2.45, 2.75) is 44.7 Å². The molecule has 1 aliphatic heterocycles. The van der Waals surface area contributed by atoms with Crippen LogP contribution < -0.4 is 5.32 Å². The van der Waals surface area contributed by atoms with Crippen LogP contribution in [0, 0.1) is 5.92 Å². The summed E-state index contributed by atoms with van der Waals surface area (Å²) in [5.41, 5.74) is 3.17. The van der Waals surface area contributed by atoms with Crippen molar-refractivity contribution < 1.29 is 9.59 Å². The fourth-order valence-corrected chi connectivity index (χ4v) is 6.29. The zero-order chi connectivity index (χ0) is 28.7. The Hall–Kier alpha value is -3.67. The number of hydrogen-bond acceptors (Lipinski definition) is 3. The number of fused-ring (bicyclic) bond motifs is 1. The third-order valence-electron chi connectivity index (χ3n) is 8.53. The summed E-state index contributed by atoms with van der Waals surface area (Å²) in [5.74, 6) is 0.0849. The maximum atomic E-state index is 13.9. The maximum absolute atomic E-state index is 13.9. The topological polar surface area (TPSA) is 52.7 Å². The first-order valence-electron chi connectivity index (χ1n) is 14.8. The number of benzene rings is 4. The normalized spacial score (nSPS) is 15.4. The Labute approximate surface area is 256 Å². The summed E-state index contributed by atoms with van der Waals surface area (Å²) in [4.78, 5) is 30.3. The summed E-state index contributed by atoms with van der Waals surface area (Å²) in [6.45, 7) is 4.83. The molecular formula is C36H42ClN3O2. The van der Waals surface area contributed by atoms with Gasteiger partial charge in [-0.05, 0) is 59.7 Å². The van der Waals surface area contributed by atoms with Gasteiger partial charge in [0.05, 0.1) is 5.54 Å². The van der Waals surface area contributed by atoms with Crippen LogP contribution in [-0.4, -0.2) is 48.3 Å². The lowest BCUT2D eigenvalue weighted by Gasteiger charge is -2.43. The van der Waals surface area contributed by atoms with Crippen LogP contribution in [0.15, 0.2) is 103 Å². The summed E-state index contributed by atoms with van der Waals surface area (Å²) < 4.78 is 0. The van der Waals surface area contributed by atoms with E-state index >= 15 is 0 Å². The molecule has 2 amide bonds. The second kappa shape index (κ2) is 14.5. The number of carbonyl (C=O) groups excluding carboxylic acids is 2. The summed E-state index contributed by atoms with van der Waals surface area (Å²) in [6.07, 6.45) is 3.22. The number of carbonyl (C=O) groups is 2. The second-order valence-corrected chi connectivity index (χ2v) is 11.5. The van der Waals surface area contributed by atoms with Gasteiger partial charge in [0.2, 0.25) is 11.8 Å². The first-order valence-corrected chi connectivity index (χ1v) is 14.8. The minimum absolute atomic E-state index is 0. The molecule has 5 rings (SSSR count). The molecule has 1 aliphatic rings. The molecule has 4 aromatic carbocycles. The van der Waals surface area contributed by atoms with Crippen molar-refractivity contribution in [3.63, 3.8) is 0 Å². The number of amides is 2. The molecule has 6 heteroatoms. The summed E-state index contributed by atoms with van der Waals surface area (Å²) >= 11 is 0. The van der Waals surface area contributed by atoms with Gasteiger partial charge in [-0.1, -0.05) is 103 Å². The highest BCUT2D eigenvalue weighted by Crippen LogP contribution is 2.33. The molecule has 220 valence electrons. The van der Waals surface area contributed by atoms with Crippen LogP contribution in [0.4, 0.5) is 0 Å². The second-order valence-electron chi connectivity index (χ2n) is 11.5. The van der Waals surface area contributed by atoms with Crippen LogP contribution in [0.2, 0.25) is 0 Å². The van der Waals surface area contributed by atoms with E-state index in [1.165, 1.54) is 21.9 Å². The van der Waals surface area contributed by atoms with Crippen LogP contribution in [0.3, 0.4) is 0 Å². The van der Waals surface area contributed by atoms with E-state index in [1.54, 1.807) is 6.92 Å². The third-order valence-corrected chi connectivity index (χ3v) is 8.53. The van der Waals surface area contributed by atoms with Crippen molar-refractivity contribution in [3.8, 4) is 0 Å². The zero-order valence-electron chi connectivity index (χ0n) is 24.7. The van der Waals surface area contributed by atoms with E-state index in [0.717, 1.165) is 50.9 Å². The Morgan fingerprint density at radius 2 is 1.45 bits per heavy atom. The highest BCUT2D eigenvalue weighted by atomic mass is 35.5. The average Bonchev–Trinajstić information content (AvgIpc) is 3.00. The number of hydrogen-bond donors (Lipinski definition) is 1. The van der Waals surface area contributed by atoms with Gasteiger partial charge in [-0.2, -0.15) is 0 Å². The molecule has 1 atom stereocenters. The van der Waals surface area contributed by atoms with Gasteiger partial charge in [0.1, 0.15) is 0 Å². The highest BCUT2D eigenvalue weighted by Gasteiger charge is 2.37. The van der Waals surface area contributed by atoms with Gasteiger partial charge in [0.25, 0.3) is 0 Å². The van der Waals surface area contributed by atoms with Crippen molar-refractivity contribution >= 4 is 35.0 Å². The maximum Gasteiger partial charge on any atom is 0.226 e. The van der Waals surface area contributed by atoms with Gasteiger partial charge < -0.3 is 15.1 Å². The predicted octanol–water partition coefficient (Wildman–Crippen LogP) is 6.60. The molecule has 1 saturated heterocycles. The number of likely N-dealkylation sites (tertiary alicyclic amines) is 1. The van der Waals surface area contributed by atoms with Gasteiger partial charge in [-0.3, -0.25) is 9.59 Å². The molecule has 0 aromatic heterocycles. The van der Waals surface area contributed by atoms with Crippen molar-refractivity contribution in [2.75, 3.05) is 26.7 Å². The highest BCUT2D eigenvalue weighted by molar-refractivity contribution is 5.85. The Bertz CT molecular complexity index is 1450. The summed E-state index contributed by atoms with van der Waals surface area (Å²) in [6, 6.07) is 35.5. The molecule has 1 unspecified atom stereocenters. The molecule has 0 aliphatic carbocycles. The molecule has 0 radical (unpaired) electrons. The van der Waals surface area contributed by atoms with E-state index in [-0.39, 0.29) is 35.7 Å². The Morgan fingerprint density at radius 1 is 0.833 bits per heavy atom. The number of nitrogens with one attached hydrogen (secondary N) is 1. The van der Waals surface area contributed by atoms with E-state index in [2.05, 4.69) is 76.9 Å². The fourth-order valence-electron chi connectivity index (χ4n) is 6.29. The third kappa shape index (κ3) is 7.78. The Morgan fingerprint density at radius 3 is 2.12 bits per heavy atom. The quantitative estimate of drug-likeness (QED) is 0.229. The molecule has 4 aromatic rings. The van der Waals surface area contributed by atoms with Crippen LogP contribution in [0.5, 0.6) is 0 Å². The van der Waals surface area contributed by atoms with Gasteiger partial charge in [0.15, 0.2) is 0 Å². The van der Waals surface area contributed by atoms with Crippen molar-refractivity contribution in [1.82, 2.24) is 15.1 Å². The molecule has 5 nitrogen and oxygen atoms in total. The van der Waals surface area contributed by atoms with E-state index in [9.17, 15) is 9.59 Å².